The Morgan fingerprint density at radius 2 is 2.13 bits per heavy atom. The second-order valence-electron chi connectivity index (χ2n) is 2.77. The highest BCUT2D eigenvalue weighted by atomic mass is 19.2. The molecule has 2 unspecified atom stereocenters. The van der Waals surface area contributed by atoms with Gasteiger partial charge in [0.1, 0.15) is 11.6 Å². The van der Waals surface area contributed by atoms with Gasteiger partial charge in [-0.15, -0.1) is 0 Å². The maximum absolute atomic E-state index is 13.2. The Morgan fingerprint density at radius 3 is 2.53 bits per heavy atom. The number of hydrogen-bond acceptors (Lipinski definition) is 2. The van der Waals surface area contributed by atoms with Crippen molar-refractivity contribution in [2.75, 3.05) is 0 Å². The van der Waals surface area contributed by atoms with Crippen LogP contribution in [0.1, 0.15) is 0 Å². The Kier molecular flexibility index (Phi) is 2.53. The van der Waals surface area contributed by atoms with Crippen molar-refractivity contribution in [2.24, 2.45) is 0 Å². The van der Waals surface area contributed by atoms with E-state index >= 15 is 0 Å². The van der Waals surface area contributed by atoms with Gasteiger partial charge in [-0.2, -0.15) is 5.26 Å². The minimum absolute atomic E-state index is 0.223. The first kappa shape index (κ1) is 11.2. The van der Waals surface area contributed by atoms with Crippen LogP contribution in [0.3, 0.4) is 0 Å². The van der Waals surface area contributed by atoms with Gasteiger partial charge in [0.15, 0.2) is 17.8 Å². The third-order valence-electron chi connectivity index (χ3n) is 1.81. The van der Waals surface area contributed by atoms with Crippen molar-refractivity contribution < 1.29 is 27.5 Å². The summed E-state index contributed by atoms with van der Waals surface area (Å²) in [6.45, 7) is 0. The highest BCUT2D eigenvalue weighted by molar-refractivity contribution is 5.90. The lowest BCUT2D eigenvalue weighted by Crippen LogP contribution is -2.38. The van der Waals surface area contributed by atoms with Crippen LogP contribution in [-0.4, -0.2) is 22.9 Å². The van der Waals surface area contributed by atoms with Gasteiger partial charge < -0.3 is 5.11 Å². The van der Waals surface area contributed by atoms with Crippen LogP contribution in [0.5, 0.6) is 0 Å². The number of carboxylic acids is 1. The molecule has 0 saturated carbocycles. The molecule has 0 radical (unpaired) electrons. The lowest BCUT2D eigenvalue weighted by Gasteiger charge is -2.22. The van der Waals surface area contributed by atoms with Gasteiger partial charge >= 0.3 is 5.97 Å². The predicted octanol–water partition coefficient (Wildman–Crippen LogP) is 1.73. The Hall–Kier alpha value is -1.84. The normalized spacial score (nSPS) is 30.9. The highest BCUT2D eigenvalue weighted by Gasteiger charge is 2.49. The van der Waals surface area contributed by atoms with Gasteiger partial charge in [0.05, 0.1) is 0 Å². The van der Waals surface area contributed by atoms with E-state index in [1.165, 1.54) is 0 Å². The van der Waals surface area contributed by atoms with Crippen LogP contribution in [0.15, 0.2) is 23.3 Å². The molecule has 0 aromatic heterocycles. The number of carbonyl (C=O) groups is 1. The van der Waals surface area contributed by atoms with Crippen LogP contribution in [-0.2, 0) is 4.79 Å². The highest BCUT2D eigenvalue weighted by Crippen LogP contribution is 2.37. The summed E-state index contributed by atoms with van der Waals surface area (Å²) in [5.74, 6) is -6.05. The van der Waals surface area contributed by atoms with E-state index < -0.39 is 35.0 Å². The summed E-state index contributed by atoms with van der Waals surface area (Å²) in [7, 11) is 0. The summed E-state index contributed by atoms with van der Waals surface area (Å²) in [5.41, 5.74) is -5.22. The molecule has 0 heterocycles. The van der Waals surface area contributed by atoms with Crippen LogP contribution in [0.2, 0.25) is 0 Å². The fraction of sp³-hybridized carbons (Fsp3) is 0.250. The van der Waals surface area contributed by atoms with Crippen LogP contribution in [0.25, 0.3) is 0 Å². The molecule has 7 heteroatoms. The molecule has 1 aliphatic carbocycles. The van der Waals surface area contributed by atoms with Gasteiger partial charge in [0.2, 0.25) is 0 Å². The van der Waals surface area contributed by atoms with Crippen molar-refractivity contribution >= 4 is 5.97 Å². The number of hydrogen-bond donors (Lipinski definition) is 1. The lowest BCUT2D eigenvalue weighted by molar-refractivity contribution is -0.134. The summed E-state index contributed by atoms with van der Waals surface area (Å²) >= 11 is 0. The SMILES string of the molecule is N#CC1(F)C=C(F)C(F)=C(C(=O)O)C1F. The molecule has 0 aliphatic heterocycles. The average Bonchev–Trinajstić information content (AvgIpc) is 2.15. The third-order valence-corrected chi connectivity index (χ3v) is 1.81. The summed E-state index contributed by atoms with van der Waals surface area (Å²) in [6.07, 6.45) is -3.28. The molecule has 0 spiro atoms. The van der Waals surface area contributed by atoms with Crippen LogP contribution >= 0.6 is 0 Å². The Labute approximate surface area is 80.9 Å². The predicted molar refractivity (Wildman–Crippen MR) is 39.3 cm³/mol. The molecule has 1 N–H and O–H groups in total. The van der Waals surface area contributed by atoms with E-state index in [4.69, 9.17) is 10.4 Å². The van der Waals surface area contributed by atoms with Gasteiger partial charge in [-0.25, -0.2) is 22.4 Å². The molecule has 0 fully saturated rings. The van der Waals surface area contributed by atoms with E-state index in [2.05, 4.69) is 0 Å². The zero-order chi connectivity index (χ0) is 11.8. The van der Waals surface area contributed by atoms with Gasteiger partial charge in [0.25, 0.3) is 5.67 Å². The van der Waals surface area contributed by atoms with E-state index in [0.717, 1.165) is 6.07 Å². The van der Waals surface area contributed by atoms with Crippen molar-refractivity contribution in [3.05, 3.63) is 23.3 Å². The van der Waals surface area contributed by atoms with Crippen molar-refractivity contribution in [1.82, 2.24) is 0 Å². The van der Waals surface area contributed by atoms with Crippen molar-refractivity contribution in [3.63, 3.8) is 0 Å². The minimum atomic E-state index is -3.49. The maximum Gasteiger partial charge on any atom is 0.337 e. The number of alkyl halides is 2. The van der Waals surface area contributed by atoms with Crippen molar-refractivity contribution in [2.45, 2.75) is 11.8 Å². The van der Waals surface area contributed by atoms with Gasteiger partial charge in [-0.05, 0) is 0 Å². The number of rotatable bonds is 1. The second-order valence-corrected chi connectivity index (χ2v) is 2.77. The number of allylic oxidation sites excluding steroid dienone is 3. The van der Waals surface area contributed by atoms with Crippen LogP contribution in [0.4, 0.5) is 17.6 Å². The lowest BCUT2D eigenvalue weighted by atomic mass is 9.89. The Balaban J connectivity index is 3.39. The number of aliphatic carboxylic acids is 1. The van der Waals surface area contributed by atoms with Gasteiger partial charge in [-0.3, -0.25) is 0 Å². The van der Waals surface area contributed by atoms with Crippen LogP contribution in [0, 0.1) is 11.3 Å². The summed E-state index contributed by atoms with van der Waals surface area (Å²) in [6, 6.07) is 0.744. The molecule has 2 atom stereocenters. The summed E-state index contributed by atoms with van der Waals surface area (Å²) in [5, 5.41) is 16.5. The first-order chi connectivity index (χ1) is 6.83. The standard InChI is InChI=1S/C8H3F4NO2/c9-3-1-8(12,2-13)6(11)4(5(3)10)7(14)15/h1,6H,(H,14,15). The number of carboxylic acid groups (broad SMARTS) is 1. The molecule has 0 saturated heterocycles. The van der Waals surface area contributed by atoms with E-state index in [0.29, 0.717) is 0 Å². The molecule has 0 bridgehead atoms. The number of nitrogens with zero attached hydrogens (tertiary/aromatic N) is 1. The summed E-state index contributed by atoms with van der Waals surface area (Å²) in [4.78, 5) is 10.3. The number of nitriles is 1. The van der Waals surface area contributed by atoms with Gasteiger partial charge in [0, 0.05) is 6.08 Å². The average molecular weight is 221 g/mol. The molecular formula is C8H3F4NO2. The van der Waals surface area contributed by atoms with E-state index in [1.807, 2.05) is 0 Å². The molecular weight excluding hydrogens is 218 g/mol. The van der Waals surface area contributed by atoms with Crippen molar-refractivity contribution in [1.29, 1.82) is 5.26 Å². The largest absolute Gasteiger partial charge is 0.478 e. The molecule has 80 valence electrons. The zero-order valence-electron chi connectivity index (χ0n) is 6.97. The van der Waals surface area contributed by atoms with E-state index in [1.54, 1.807) is 0 Å². The van der Waals surface area contributed by atoms with E-state index in [9.17, 15) is 22.4 Å². The molecule has 1 rings (SSSR count). The molecule has 0 aromatic rings. The smallest absolute Gasteiger partial charge is 0.337 e. The second kappa shape index (κ2) is 3.38. The molecule has 3 nitrogen and oxygen atoms in total. The number of halogens is 4. The third kappa shape index (κ3) is 1.58. The maximum atomic E-state index is 13.2. The first-order valence-electron chi connectivity index (χ1n) is 3.59. The fourth-order valence-corrected chi connectivity index (χ4v) is 1.06. The Bertz CT molecular complexity index is 423. The monoisotopic (exact) mass is 221 g/mol. The van der Waals surface area contributed by atoms with Crippen molar-refractivity contribution in [3.8, 4) is 6.07 Å². The fourth-order valence-electron chi connectivity index (χ4n) is 1.06. The van der Waals surface area contributed by atoms with Gasteiger partial charge in [-0.1, -0.05) is 0 Å². The Morgan fingerprint density at radius 1 is 1.60 bits per heavy atom. The molecule has 15 heavy (non-hydrogen) atoms. The quantitative estimate of drug-likeness (QED) is 0.686. The first-order valence-corrected chi connectivity index (χ1v) is 3.59. The topological polar surface area (TPSA) is 61.1 Å². The zero-order valence-corrected chi connectivity index (χ0v) is 6.97. The molecule has 0 aromatic carbocycles. The van der Waals surface area contributed by atoms with Crippen LogP contribution < -0.4 is 0 Å². The molecule has 1 aliphatic rings. The van der Waals surface area contributed by atoms with E-state index in [-0.39, 0.29) is 6.08 Å². The minimum Gasteiger partial charge on any atom is -0.478 e. The molecule has 0 amide bonds. The summed E-state index contributed by atoms with van der Waals surface area (Å²) < 4.78 is 51.7.